The minimum absolute atomic E-state index is 0.0741. The van der Waals surface area contributed by atoms with Crippen molar-refractivity contribution in [3.63, 3.8) is 0 Å². The van der Waals surface area contributed by atoms with E-state index in [0.29, 0.717) is 12.2 Å². The van der Waals surface area contributed by atoms with Gasteiger partial charge in [0.2, 0.25) is 0 Å². The number of rotatable bonds is 8. The van der Waals surface area contributed by atoms with Gasteiger partial charge in [-0.15, -0.1) is 4.89 Å². The molecule has 28 heavy (non-hydrogen) atoms. The third-order valence-corrected chi connectivity index (χ3v) is 5.20. The summed E-state index contributed by atoms with van der Waals surface area (Å²) in [5, 5.41) is 2.36. The van der Waals surface area contributed by atoms with E-state index < -0.39 is 19.9 Å². The van der Waals surface area contributed by atoms with Crippen LogP contribution in [0.25, 0.3) is 10.8 Å². The van der Waals surface area contributed by atoms with Crippen LogP contribution >= 0.6 is 24.2 Å². The molecule has 3 aromatic carbocycles. The molecule has 0 aliphatic carbocycles. The normalized spacial score (nSPS) is 12.4. The van der Waals surface area contributed by atoms with E-state index in [1.165, 1.54) is 22.9 Å². The minimum Gasteiger partial charge on any atom is -0.376 e. The first kappa shape index (κ1) is 21.0. The predicted octanol–water partition coefficient (Wildman–Crippen LogP) is 6.08. The van der Waals surface area contributed by atoms with Gasteiger partial charge in [-0.1, -0.05) is 64.5 Å². The third-order valence-electron chi connectivity index (χ3n) is 4.16. The van der Waals surface area contributed by atoms with Crippen LogP contribution in [0.3, 0.4) is 0 Å². The number of halogens is 3. The van der Waals surface area contributed by atoms with Crippen LogP contribution in [0.2, 0.25) is 0 Å². The van der Waals surface area contributed by atoms with Crippen LogP contribution in [0, 0.1) is 0 Å². The molecule has 3 aromatic rings. The first-order valence-corrected chi connectivity index (χ1v) is 10.3. The summed E-state index contributed by atoms with van der Waals surface area (Å²) in [6.07, 6.45) is -3.13. The van der Waals surface area contributed by atoms with E-state index in [1.54, 1.807) is 0 Å². The zero-order valence-corrected chi connectivity index (χ0v) is 17.1. The fourth-order valence-corrected chi connectivity index (χ4v) is 3.76. The predicted molar refractivity (Wildman–Crippen MR) is 106 cm³/mol. The number of ether oxygens (including phenoxy) is 1. The van der Waals surface area contributed by atoms with Crippen LogP contribution in [-0.4, -0.2) is 11.5 Å². The quantitative estimate of drug-likeness (QED) is 0.321. The number of fused-ring (bicyclic) bond motifs is 1. The standard InChI is InChI=1S/C20H16BrF2O4P/c21-19-12-15(6-8-18(19)20(22,23)27-28(24)25)13-26-10-9-14-5-7-16-3-1-2-4-17(16)11-14/h1-8,11-12H,9-10,13H2/p+1. The Hall–Kier alpha value is -1.76. The molecule has 0 fully saturated rings. The van der Waals surface area contributed by atoms with Gasteiger partial charge in [-0.05, 0) is 45.0 Å². The maximum atomic E-state index is 13.8. The van der Waals surface area contributed by atoms with Crippen molar-refractivity contribution in [2.75, 3.05) is 6.61 Å². The van der Waals surface area contributed by atoms with Crippen molar-refractivity contribution in [2.45, 2.75) is 19.1 Å². The zero-order valence-electron chi connectivity index (χ0n) is 14.6. The summed E-state index contributed by atoms with van der Waals surface area (Å²) in [6, 6.07) is 18.5. The Morgan fingerprint density at radius 2 is 1.71 bits per heavy atom. The molecule has 1 unspecified atom stereocenters. The van der Waals surface area contributed by atoms with E-state index in [4.69, 9.17) is 9.63 Å². The maximum absolute atomic E-state index is 13.8. The zero-order chi connectivity index (χ0) is 20.1. The number of hydrogen-bond donors (Lipinski definition) is 1. The summed E-state index contributed by atoms with van der Waals surface area (Å²) in [7, 11) is -3.42. The second-order valence-corrected chi connectivity index (χ2v) is 7.66. The van der Waals surface area contributed by atoms with Crippen LogP contribution < -0.4 is 0 Å². The average Bonchev–Trinajstić information content (AvgIpc) is 2.64. The molecule has 146 valence electrons. The number of benzene rings is 3. The molecule has 1 atom stereocenters. The highest BCUT2D eigenvalue weighted by Gasteiger charge is 2.44. The summed E-state index contributed by atoms with van der Waals surface area (Å²) >= 11 is 3.05. The van der Waals surface area contributed by atoms with E-state index in [0.717, 1.165) is 18.1 Å². The van der Waals surface area contributed by atoms with Crippen LogP contribution in [-0.2, 0) is 33.0 Å². The van der Waals surface area contributed by atoms with Gasteiger partial charge in [-0.25, -0.2) is 0 Å². The van der Waals surface area contributed by atoms with Gasteiger partial charge < -0.3 is 4.74 Å². The summed E-state index contributed by atoms with van der Waals surface area (Å²) < 4.78 is 47.6. The van der Waals surface area contributed by atoms with Gasteiger partial charge >= 0.3 is 14.4 Å². The SMILES string of the molecule is O=[P+](O)OC(F)(F)c1ccc(COCCc2ccc3ccccc3c2)cc1Br. The molecule has 0 bridgehead atoms. The topological polar surface area (TPSA) is 55.8 Å². The lowest BCUT2D eigenvalue weighted by Gasteiger charge is -2.12. The second kappa shape index (κ2) is 9.16. The molecular formula is C20H17BrF2O4P+. The lowest BCUT2D eigenvalue weighted by Crippen LogP contribution is -2.15. The lowest BCUT2D eigenvalue weighted by atomic mass is 10.1. The first-order valence-electron chi connectivity index (χ1n) is 8.42. The molecule has 4 nitrogen and oxygen atoms in total. The summed E-state index contributed by atoms with van der Waals surface area (Å²) in [6.45, 7) is 0.745. The molecular weight excluding hydrogens is 453 g/mol. The highest BCUT2D eigenvalue weighted by Crippen LogP contribution is 2.40. The fraction of sp³-hybridized carbons (Fsp3) is 0.200. The number of alkyl halides is 2. The van der Waals surface area contributed by atoms with Gasteiger partial charge in [-0.3, -0.25) is 0 Å². The van der Waals surface area contributed by atoms with Crippen LogP contribution in [0.1, 0.15) is 16.7 Å². The van der Waals surface area contributed by atoms with Gasteiger partial charge in [0, 0.05) is 9.04 Å². The molecule has 0 heterocycles. The van der Waals surface area contributed by atoms with Crippen LogP contribution in [0.15, 0.2) is 65.1 Å². The molecule has 1 N–H and O–H groups in total. The Kier molecular flexibility index (Phi) is 6.86. The molecule has 0 saturated carbocycles. The van der Waals surface area contributed by atoms with Crippen molar-refractivity contribution in [1.29, 1.82) is 0 Å². The van der Waals surface area contributed by atoms with Gasteiger partial charge in [0.25, 0.3) is 0 Å². The van der Waals surface area contributed by atoms with Crippen LogP contribution in [0.4, 0.5) is 8.78 Å². The summed E-state index contributed by atoms with van der Waals surface area (Å²) in [5.74, 6) is 0. The van der Waals surface area contributed by atoms with Gasteiger partial charge in [0.15, 0.2) is 0 Å². The van der Waals surface area contributed by atoms with Crippen molar-refractivity contribution in [3.8, 4) is 0 Å². The van der Waals surface area contributed by atoms with Crippen molar-refractivity contribution in [3.05, 3.63) is 81.8 Å². The van der Waals surface area contributed by atoms with E-state index in [1.807, 2.05) is 12.1 Å². The molecule has 0 spiro atoms. The highest BCUT2D eigenvalue weighted by molar-refractivity contribution is 9.10. The van der Waals surface area contributed by atoms with Gasteiger partial charge in [0.05, 0.1) is 18.8 Å². The first-order chi connectivity index (χ1) is 13.3. The second-order valence-electron chi connectivity index (χ2n) is 6.14. The highest BCUT2D eigenvalue weighted by atomic mass is 79.9. The summed E-state index contributed by atoms with van der Waals surface area (Å²) in [4.78, 5) is 8.56. The molecule has 0 saturated heterocycles. The lowest BCUT2D eigenvalue weighted by molar-refractivity contribution is -0.186. The Bertz CT molecular complexity index is 997. The van der Waals surface area contributed by atoms with Crippen molar-refractivity contribution < 1.29 is 27.5 Å². The number of hydrogen-bond acceptors (Lipinski definition) is 3. The van der Waals surface area contributed by atoms with Crippen molar-refractivity contribution in [2.24, 2.45) is 0 Å². The van der Waals surface area contributed by atoms with E-state index in [2.05, 4.69) is 50.8 Å². The largest absolute Gasteiger partial charge is 0.701 e. The third kappa shape index (κ3) is 5.40. The van der Waals surface area contributed by atoms with Crippen molar-refractivity contribution >= 4 is 35.0 Å². The summed E-state index contributed by atoms with van der Waals surface area (Å²) in [5.41, 5.74) is 1.33. The van der Waals surface area contributed by atoms with Gasteiger partial charge in [-0.2, -0.15) is 8.78 Å². The Balaban J connectivity index is 1.55. The molecule has 0 aliphatic heterocycles. The molecule has 0 radical (unpaired) electrons. The van der Waals surface area contributed by atoms with Gasteiger partial charge in [0.1, 0.15) is 0 Å². The molecule has 0 aliphatic rings. The molecule has 3 rings (SSSR count). The average molecular weight is 470 g/mol. The smallest absolute Gasteiger partial charge is 0.376 e. The van der Waals surface area contributed by atoms with E-state index in [9.17, 15) is 13.3 Å². The Morgan fingerprint density at radius 1 is 1.00 bits per heavy atom. The van der Waals surface area contributed by atoms with Crippen molar-refractivity contribution in [1.82, 2.24) is 0 Å². The Labute approximate surface area is 170 Å². The molecule has 0 amide bonds. The fourth-order valence-electron chi connectivity index (χ4n) is 2.81. The van der Waals surface area contributed by atoms with E-state index in [-0.39, 0.29) is 11.1 Å². The van der Waals surface area contributed by atoms with E-state index >= 15 is 0 Å². The Morgan fingerprint density at radius 3 is 2.43 bits per heavy atom. The minimum atomic E-state index is -3.86. The monoisotopic (exact) mass is 469 g/mol. The molecule has 8 heteroatoms. The molecule has 0 aromatic heterocycles. The van der Waals surface area contributed by atoms with Crippen LogP contribution in [0.5, 0.6) is 0 Å². The maximum Gasteiger partial charge on any atom is 0.701 e.